The Morgan fingerprint density at radius 1 is 1.07 bits per heavy atom. The van der Waals surface area contributed by atoms with Gasteiger partial charge in [0.1, 0.15) is 0 Å². The second-order valence-corrected chi connectivity index (χ2v) is 7.62. The van der Waals surface area contributed by atoms with Gasteiger partial charge in [-0.3, -0.25) is 14.2 Å². The first-order valence-electron chi connectivity index (χ1n) is 9.39. The predicted molar refractivity (Wildman–Crippen MR) is 103 cm³/mol. The first-order valence-corrected chi connectivity index (χ1v) is 9.39. The quantitative estimate of drug-likeness (QED) is 0.702. The maximum Gasteiger partial charge on any atom is 0.266 e. The van der Waals surface area contributed by atoms with Gasteiger partial charge < -0.3 is 4.90 Å². The summed E-state index contributed by atoms with van der Waals surface area (Å²) < 4.78 is 3.21. The van der Waals surface area contributed by atoms with Crippen LogP contribution in [0.4, 0.5) is 5.95 Å². The van der Waals surface area contributed by atoms with Gasteiger partial charge >= 0.3 is 0 Å². The maximum absolute atomic E-state index is 12.6. The first-order chi connectivity index (χ1) is 13.1. The number of hydrogen-bond donors (Lipinski definition) is 0. The van der Waals surface area contributed by atoms with E-state index in [9.17, 15) is 9.59 Å². The van der Waals surface area contributed by atoms with Crippen molar-refractivity contribution in [2.75, 3.05) is 18.0 Å². The van der Waals surface area contributed by atoms with Gasteiger partial charge in [0.2, 0.25) is 5.95 Å². The highest BCUT2D eigenvalue weighted by Gasteiger charge is 2.31. The standard InChI is InChI=1S/C20H21N5O2/c1-23-19(27)15-4-2-3-5-17(15)21-20(23)24-10-13(11-24)12-25-18(26)9-8-16(22-25)14-6-7-14/h2-5,8-9,13-14H,6-7,10-12H2,1H3. The molecule has 2 fully saturated rings. The Bertz CT molecular complexity index is 1140. The fourth-order valence-electron chi connectivity index (χ4n) is 3.77. The fourth-order valence-corrected chi connectivity index (χ4v) is 3.77. The van der Waals surface area contributed by atoms with Crippen molar-refractivity contribution < 1.29 is 0 Å². The fraction of sp³-hybridized carbons (Fsp3) is 0.400. The summed E-state index contributed by atoms with van der Waals surface area (Å²) in [5.41, 5.74) is 1.67. The lowest BCUT2D eigenvalue weighted by atomic mass is 10.0. The number of hydrogen-bond acceptors (Lipinski definition) is 5. The van der Waals surface area contributed by atoms with Crippen molar-refractivity contribution in [3.8, 4) is 0 Å². The van der Waals surface area contributed by atoms with E-state index in [2.05, 4.69) is 15.0 Å². The minimum atomic E-state index is -0.0471. The van der Waals surface area contributed by atoms with E-state index in [1.54, 1.807) is 28.4 Å². The number of para-hydroxylation sites is 1. The second-order valence-electron chi connectivity index (χ2n) is 7.62. The SMILES string of the molecule is Cn1c(N2CC(Cn3nc(C4CC4)ccc3=O)C2)nc2ccccc2c1=O. The summed E-state index contributed by atoms with van der Waals surface area (Å²) in [6.45, 7) is 2.14. The first kappa shape index (κ1) is 16.2. The van der Waals surface area contributed by atoms with Crippen LogP contribution in [-0.2, 0) is 13.6 Å². The van der Waals surface area contributed by atoms with Crippen molar-refractivity contribution in [3.05, 3.63) is 62.8 Å². The minimum Gasteiger partial charge on any atom is -0.341 e. The molecular formula is C20H21N5O2. The summed E-state index contributed by atoms with van der Waals surface area (Å²) in [5, 5.41) is 5.17. The molecule has 2 aliphatic rings. The van der Waals surface area contributed by atoms with E-state index >= 15 is 0 Å². The molecule has 7 nitrogen and oxygen atoms in total. The van der Waals surface area contributed by atoms with Gasteiger partial charge in [-0.05, 0) is 31.0 Å². The van der Waals surface area contributed by atoms with Crippen LogP contribution in [0.3, 0.4) is 0 Å². The molecular weight excluding hydrogens is 342 g/mol. The van der Waals surface area contributed by atoms with E-state index in [0.29, 0.717) is 35.2 Å². The molecule has 27 heavy (non-hydrogen) atoms. The molecule has 0 radical (unpaired) electrons. The van der Waals surface area contributed by atoms with Crippen LogP contribution in [0.25, 0.3) is 10.9 Å². The van der Waals surface area contributed by atoms with E-state index in [4.69, 9.17) is 0 Å². The number of rotatable bonds is 4. The largest absolute Gasteiger partial charge is 0.341 e. The number of benzene rings is 1. The molecule has 0 bridgehead atoms. The number of anilines is 1. The number of aromatic nitrogens is 4. The number of nitrogens with zero attached hydrogens (tertiary/aromatic N) is 5. The van der Waals surface area contributed by atoms with E-state index in [-0.39, 0.29) is 11.1 Å². The molecule has 5 rings (SSSR count). The molecule has 0 atom stereocenters. The molecule has 1 saturated heterocycles. The lowest BCUT2D eigenvalue weighted by Crippen LogP contribution is -2.51. The highest BCUT2D eigenvalue weighted by molar-refractivity contribution is 5.78. The highest BCUT2D eigenvalue weighted by Crippen LogP contribution is 2.38. The van der Waals surface area contributed by atoms with Gasteiger partial charge in [-0.25, -0.2) is 9.67 Å². The third-order valence-corrected chi connectivity index (χ3v) is 5.51. The predicted octanol–water partition coefficient (Wildman–Crippen LogP) is 1.50. The average molecular weight is 363 g/mol. The summed E-state index contributed by atoms with van der Waals surface area (Å²) in [6, 6.07) is 10.9. The van der Waals surface area contributed by atoms with Gasteiger partial charge in [0, 0.05) is 38.0 Å². The van der Waals surface area contributed by atoms with Crippen molar-refractivity contribution in [1.82, 2.24) is 19.3 Å². The van der Waals surface area contributed by atoms with Gasteiger partial charge in [-0.15, -0.1) is 0 Å². The molecule has 7 heteroatoms. The Labute approximate surface area is 155 Å². The van der Waals surface area contributed by atoms with Crippen LogP contribution in [0.2, 0.25) is 0 Å². The van der Waals surface area contributed by atoms with Gasteiger partial charge in [-0.1, -0.05) is 12.1 Å². The molecule has 1 saturated carbocycles. The topological polar surface area (TPSA) is 73.0 Å². The average Bonchev–Trinajstić information content (AvgIpc) is 3.48. The Hall–Kier alpha value is -2.96. The van der Waals surface area contributed by atoms with E-state index < -0.39 is 0 Å². The summed E-state index contributed by atoms with van der Waals surface area (Å²) in [6.07, 6.45) is 2.34. The number of fused-ring (bicyclic) bond motifs is 1. The zero-order valence-corrected chi connectivity index (χ0v) is 15.2. The summed E-state index contributed by atoms with van der Waals surface area (Å²) in [7, 11) is 1.76. The van der Waals surface area contributed by atoms with Crippen LogP contribution < -0.4 is 16.0 Å². The Morgan fingerprint density at radius 3 is 2.63 bits per heavy atom. The zero-order valence-electron chi connectivity index (χ0n) is 15.2. The van der Waals surface area contributed by atoms with E-state index in [1.165, 1.54) is 12.8 Å². The monoisotopic (exact) mass is 363 g/mol. The molecule has 3 aromatic rings. The summed E-state index contributed by atoms with van der Waals surface area (Å²) in [4.78, 5) is 31.4. The van der Waals surface area contributed by atoms with Crippen molar-refractivity contribution >= 4 is 16.9 Å². The summed E-state index contributed by atoms with van der Waals surface area (Å²) >= 11 is 0. The molecule has 2 aromatic heterocycles. The smallest absolute Gasteiger partial charge is 0.266 e. The van der Waals surface area contributed by atoms with Crippen molar-refractivity contribution in [2.24, 2.45) is 13.0 Å². The minimum absolute atomic E-state index is 0.0333. The van der Waals surface area contributed by atoms with Crippen LogP contribution in [0.15, 0.2) is 46.0 Å². The van der Waals surface area contributed by atoms with Crippen molar-refractivity contribution in [3.63, 3.8) is 0 Å². The Kier molecular flexibility index (Phi) is 3.63. The lowest BCUT2D eigenvalue weighted by Gasteiger charge is -2.40. The van der Waals surface area contributed by atoms with Crippen LogP contribution in [0.5, 0.6) is 0 Å². The molecule has 0 unspecified atom stereocenters. The molecule has 0 spiro atoms. The molecule has 138 valence electrons. The van der Waals surface area contributed by atoms with Crippen molar-refractivity contribution in [1.29, 1.82) is 0 Å². The normalized spacial score (nSPS) is 17.3. The van der Waals surface area contributed by atoms with Crippen molar-refractivity contribution in [2.45, 2.75) is 25.3 Å². The molecule has 1 aliphatic carbocycles. The van der Waals surface area contributed by atoms with E-state index in [0.717, 1.165) is 18.8 Å². The third-order valence-electron chi connectivity index (χ3n) is 5.51. The Morgan fingerprint density at radius 2 is 1.85 bits per heavy atom. The third kappa shape index (κ3) is 2.83. The van der Waals surface area contributed by atoms with Gasteiger partial charge in [0.15, 0.2) is 0 Å². The molecule has 0 amide bonds. The van der Waals surface area contributed by atoms with Crippen LogP contribution in [0, 0.1) is 5.92 Å². The highest BCUT2D eigenvalue weighted by atomic mass is 16.1. The van der Waals surface area contributed by atoms with Crippen LogP contribution >= 0.6 is 0 Å². The zero-order chi connectivity index (χ0) is 18.5. The second kappa shape index (κ2) is 6.04. The van der Waals surface area contributed by atoms with Gasteiger partial charge in [-0.2, -0.15) is 5.10 Å². The van der Waals surface area contributed by atoms with Gasteiger partial charge in [0.05, 0.1) is 23.1 Å². The molecule has 3 heterocycles. The lowest BCUT2D eigenvalue weighted by molar-refractivity contribution is 0.327. The summed E-state index contributed by atoms with van der Waals surface area (Å²) in [5.74, 6) is 1.54. The van der Waals surface area contributed by atoms with Crippen LogP contribution in [0.1, 0.15) is 24.5 Å². The molecule has 0 N–H and O–H groups in total. The Balaban J connectivity index is 1.35. The van der Waals surface area contributed by atoms with E-state index in [1.807, 2.05) is 24.3 Å². The molecule has 1 aliphatic heterocycles. The molecule has 1 aromatic carbocycles. The van der Waals surface area contributed by atoms with Crippen LogP contribution in [-0.4, -0.2) is 32.4 Å². The maximum atomic E-state index is 12.6. The van der Waals surface area contributed by atoms with Gasteiger partial charge in [0.25, 0.3) is 11.1 Å².